The molecule has 0 heterocycles. The number of amides is 1. The maximum atomic E-state index is 11.2. The molecule has 0 aliphatic heterocycles. The van der Waals surface area contributed by atoms with Gasteiger partial charge in [0.1, 0.15) is 0 Å². The SMILES string of the molecule is NCCC(=O)Nc1cc(Cl)c(O)c(Cl)c1. The second kappa shape index (κ2) is 5.21. The molecule has 82 valence electrons. The van der Waals surface area contributed by atoms with Crippen LogP contribution in [0.5, 0.6) is 5.75 Å². The predicted molar refractivity (Wildman–Crippen MR) is 60.4 cm³/mol. The Morgan fingerprint density at radius 2 is 1.93 bits per heavy atom. The second-order valence-electron chi connectivity index (χ2n) is 2.88. The van der Waals surface area contributed by atoms with Gasteiger partial charge in [-0.2, -0.15) is 0 Å². The van der Waals surface area contributed by atoms with Gasteiger partial charge in [-0.3, -0.25) is 4.79 Å². The molecule has 0 atom stereocenters. The van der Waals surface area contributed by atoms with Crippen molar-refractivity contribution in [3.63, 3.8) is 0 Å². The summed E-state index contributed by atoms with van der Waals surface area (Å²) in [5.74, 6) is -0.425. The number of anilines is 1. The van der Waals surface area contributed by atoms with Crippen molar-refractivity contribution in [3.05, 3.63) is 22.2 Å². The summed E-state index contributed by atoms with van der Waals surface area (Å²) in [4.78, 5) is 11.2. The fourth-order valence-corrected chi connectivity index (χ4v) is 1.48. The Morgan fingerprint density at radius 1 is 1.40 bits per heavy atom. The Labute approximate surface area is 97.0 Å². The summed E-state index contributed by atoms with van der Waals surface area (Å²) in [6, 6.07) is 2.83. The second-order valence-corrected chi connectivity index (χ2v) is 3.69. The van der Waals surface area contributed by atoms with Gasteiger partial charge in [0.15, 0.2) is 5.75 Å². The highest BCUT2D eigenvalue weighted by atomic mass is 35.5. The lowest BCUT2D eigenvalue weighted by Crippen LogP contribution is -2.16. The number of rotatable bonds is 3. The van der Waals surface area contributed by atoms with Crippen LogP contribution < -0.4 is 11.1 Å². The van der Waals surface area contributed by atoms with Gasteiger partial charge in [0.05, 0.1) is 10.0 Å². The first-order chi connectivity index (χ1) is 7.04. The van der Waals surface area contributed by atoms with Crippen LogP contribution in [0.1, 0.15) is 6.42 Å². The molecule has 0 saturated carbocycles. The molecule has 6 heteroatoms. The molecule has 4 nitrogen and oxygen atoms in total. The van der Waals surface area contributed by atoms with E-state index in [9.17, 15) is 9.90 Å². The Kier molecular flexibility index (Phi) is 4.20. The zero-order valence-corrected chi connectivity index (χ0v) is 9.27. The third-order valence-electron chi connectivity index (χ3n) is 1.67. The highest BCUT2D eigenvalue weighted by molar-refractivity contribution is 6.37. The molecule has 4 N–H and O–H groups in total. The summed E-state index contributed by atoms with van der Waals surface area (Å²) in [6.07, 6.45) is 0.218. The largest absolute Gasteiger partial charge is 0.505 e. The number of nitrogens with two attached hydrogens (primary N) is 1. The molecule has 1 aromatic rings. The summed E-state index contributed by atoms with van der Waals surface area (Å²) in [5.41, 5.74) is 5.65. The van der Waals surface area contributed by atoms with E-state index in [4.69, 9.17) is 28.9 Å². The molecule has 0 unspecified atom stereocenters. The average molecular weight is 249 g/mol. The molecule has 0 saturated heterocycles. The van der Waals surface area contributed by atoms with E-state index in [1.54, 1.807) is 0 Å². The Morgan fingerprint density at radius 3 is 2.40 bits per heavy atom. The third kappa shape index (κ3) is 3.27. The smallest absolute Gasteiger partial charge is 0.225 e. The van der Waals surface area contributed by atoms with Crippen LogP contribution in [0.25, 0.3) is 0 Å². The van der Waals surface area contributed by atoms with E-state index in [1.807, 2.05) is 0 Å². The molecule has 0 aliphatic rings. The van der Waals surface area contributed by atoms with Crippen molar-refractivity contribution in [2.75, 3.05) is 11.9 Å². The van der Waals surface area contributed by atoms with E-state index < -0.39 is 0 Å². The van der Waals surface area contributed by atoms with Crippen molar-refractivity contribution in [1.29, 1.82) is 0 Å². The first kappa shape index (κ1) is 12.1. The van der Waals surface area contributed by atoms with Gasteiger partial charge in [-0.25, -0.2) is 0 Å². The molecule has 0 bridgehead atoms. The molecule has 0 aliphatic carbocycles. The van der Waals surface area contributed by atoms with E-state index >= 15 is 0 Å². The van der Waals surface area contributed by atoms with Crippen molar-refractivity contribution in [2.24, 2.45) is 5.73 Å². The molecule has 0 spiro atoms. The molecule has 1 amide bonds. The average Bonchev–Trinajstić information content (AvgIpc) is 2.14. The lowest BCUT2D eigenvalue weighted by Gasteiger charge is -2.07. The Hall–Kier alpha value is -0.970. The van der Waals surface area contributed by atoms with Crippen LogP contribution in [0.15, 0.2) is 12.1 Å². The van der Waals surface area contributed by atoms with Crippen molar-refractivity contribution >= 4 is 34.8 Å². The highest BCUT2D eigenvalue weighted by Crippen LogP contribution is 2.34. The van der Waals surface area contributed by atoms with E-state index in [2.05, 4.69) is 5.32 Å². The quantitative estimate of drug-likeness (QED) is 0.717. The van der Waals surface area contributed by atoms with E-state index in [-0.39, 0.29) is 34.7 Å². The van der Waals surface area contributed by atoms with Crippen LogP contribution in [0.4, 0.5) is 5.69 Å². The number of benzene rings is 1. The minimum absolute atomic E-state index is 0.0885. The molecule has 15 heavy (non-hydrogen) atoms. The van der Waals surface area contributed by atoms with Gasteiger partial charge in [0.2, 0.25) is 5.91 Å². The van der Waals surface area contributed by atoms with Gasteiger partial charge < -0.3 is 16.2 Å². The first-order valence-corrected chi connectivity index (χ1v) is 4.98. The first-order valence-electron chi connectivity index (χ1n) is 4.22. The van der Waals surface area contributed by atoms with Crippen LogP contribution in [-0.4, -0.2) is 17.6 Å². The monoisotopic (exact) mass is 248 g/mol. The maximum absolute atomic E-state index is 11.2. The molecular weight excluding hydrogens is 239 g/mol. The molecule has 0 aromatic heterocycles. The zero-order valence-electron chi connectivity index (χ0n) is 7.76. The lowest BCUT2D eigenvalue weighted by atomic mass is 10.3. The summed E-state index contributed by atoms with van der Waals surface area (Å²) in [6.45, 7) is 0.269. The van der Waals surface area contributed by atoms with Gasteiger partial charge in [-0.05, 0) is 12.1 Å². The maximum Gasteiger partial charge on any atom is 0.225 e. The zero-order chi connectivity index (χ0) is 11.4. The van der Waals surface area contributed by atoms with Gasteiger partial charge in [-0.15, -0.1) is 0 Å². The normalized spacial score (nSPS) is 10.1. The number of hydrogen-bond donors (Lipinski definition) is 3. The van der Waals surface area contributed by atoms with Crippen molar-refractivity contribution in [3.8, 4) is 5.75 Å². The van der Waals surface area contributed by atoms with Crippen LogP contribution in [0.3, 0.4) is 0 Å². The van der Waals surface area contributed by atoms with Gasteiger partial charge in [0.25, 0.3) is 0 Å². The minimum atomic E-state index is -0.227. The Bertz CT molecular complexity index is 359. The standard InChI is InChI=1S/C9H10Cl2N2O2/c10-6-3-5(4-7(11)9(6)15)13-8(14)1-2-12/h3-4,15H,1-2,12H2,(H,13,14). The number of carbonyl (C=O) groups is 1. The van der Waals surface area contributed by atoms with Crippen molar-refractivity contribution < 1.29 is 9.90 Å². The topological polar surface area (TPSA) is 75.4 Å². The molecule has 1 aromatic carbocycles. The van der Waals surface area contributed by atoms with Crippen molar-refractivity contribution in [2.45, 2.75) is 6.42 Å². The molecule has 0 fully saturated rings. The third-order valence-corrected chi connectivity index (χ3v) is 2.25. The van der Waals surface area contributed by atoms with Crippen molar-refractivity contribution in [1.82, 2.24) is 0 Å². The molecular formula is C9H10Cl2N2O2. The number of halogens is 2. The number of aromatic hydroxyl groups is 1. The van der Waals surface area contributed by atoms with Gasteiger partial charge >= 0.3 is 0 Å². The number of nitrogens with one attached hydrogen (secondary N) is 1. The molecule has 1 rings (SSSR count). The number of phenolic OH excluding ortho intramolecular Hbond substituents is 1. The van der Waals surface area contributed by atoms with Crippen LogP contribution >= 0.6 is 23.2 Å². The summed E-state index contributed by atoms with van der Waals surface area (Å²) >= 11 is 11.3. The van der Waals surface area contributed by atoms with Crippen LogP contribution in [0.2, 0.25) is 10.0 Å². The fraction of sp³-hybridized carbons (Fsp3) is 0.222. The highest BCUT2D eigenvalue weighted by Gasteiger charge is 2.08. The predicted octanol–water partition coefficient (Wildman–Crippen LogP) is 1.99. The van der Waals surface area contributed by atoms with E-state index in [1.165, 1.54) is 12.1 Å². The lowest BCUT2D eigenvalue weighted by molar-refractivity contribution is -0.116. The number of hydrogen-bond acceptors (Lipinski definition) is 3. The molecule has 0 radical (unpaired) electrons. The Balaban J connectivity index is 2.83. The minimum Gasteiger partial charge on any atom is -0.505 e. The van der Waals surface area contributed by atoms with E-state index in [0.717, 1.165) is 0 Å². The summed E-state index contributed by atoms with van der Waals surface area (Å²) < 4.78 is 0. The summed E-state index contributed by atoms with van der Waals surface area (Å²) in [7, 11) is 0. The van der Waals surface area contributed by atoms with Crippen LogP contribution in [0, 0.1) is 0 Å². The fourth-order valence-electron chi connectivity index (χ4n) is 0.992. The number of phenols is 1. The van der Waals surface area contributed by atoms with Gasteiger partial charge in [0, 0.05) is 18.7 Å². The number of carbonyl (C=O) groups excluding carboxylic acids is 1. The van der Waals surface area contributed by atoms with Gasteiger partial charge in [-0.1, -0.05) is 23.2 Å². The summed E-state index contributed by atoms with van der Waals surface area (Å²) in [5, 5.41) is 12.0. The van der Waals surface area contributed by atoms with Crippen LogP contribution in [-0.2, 0) is 4.79 Å². The van der Waals surface area contributed by atoms with E-state index in [0.29, 0.717) is 5.69 Å².